The highest BCUT2D eigenvalue weighted by Crippen LogP contribution is 2.27. The van der Waals surface area contributed by atoms with Crippen LogP contribution in [-0.4, -0.2) is 42.0 Å². The molecule has 0 spiro atoms. The largest absolute Gasteiger partial charge is 0.368 e. The van der Waals surface area contributed by atoms with Gasteiger partial charge in [-0.3, -0.25) is 4.79 Å². The Morgan fingerprint density at radius 1 is 1.47 bits per heavy atom. The van der Waals surface area contributed by atoms with Crippen LogP contribution in [0.4, 0.5) is 0 Å². The first kappa shape index (κ1) is 16.4. The van der Waals surface area contributed by atoms with Gasteiger partial charge in [0, 0.05) is 19.1 Å². The van der Waals surface area contributed by atoms with Gasteiger partial charge >= 0.3 is 0 Å². The molecule has 1 amide bonds. The standard InChI is InChI=1S/C15H31N3O/c1-5-18(11-13-7-6-8-13)10-9-15(4,14(16)19)17-12(2)3/h12-13,17H,5-11H2,1-4H3,(H2,16,19). The monoisotopic (exact) mass is 269 g/mol. The molecule has 112 valence electrons. The van der Waals surface area contributed by atoms with Crippen molar-refractivity contribution in [2.45, 2.75) is 65.0 Å². The van der Waals surface area contributed by atoms with Gasteiger partial charge in [-0.15, -0.1) is 0 Å². The summed E-state index contributed by atoms with van der Waals surface area (Å²) >= 11 is 0. The van der Waals surface area contributed by atoms with Gasteiger partial charge < -0.3 is 16.0 Å². The van der Waals surface area contributed by atoms with E-state index in [0.717, 1.165) is 25.4 Å². The minimum atomic E-state index is -0.596. The molecule has 0 saturated heterocycles. The predicted molar refractivity (Wildman–Crippen MR) is 79.9 cm³/mol. The Labute approximate surface area is 118 Å². The Morgan fingerprint density at radius 2 is 2.11 bits per heavy atom. The second-order valence-corrected chi connectivity index (χ2v) is 6.44. The van der Waals surface area contributed by atoms with Gasteiger partial charge in [0.15, 0.2) is 0 Å². The van der Waals surface area contributed by atoms with Crippen LogP contribution in [-0.2, 0) is 4.79 Å². The highest BCUT2D eigenvalue weighted by molar-refractivity contribution is 5.84. The molecule has 0 aromatic carbocycles. The molecule has 4 heteroatoms. The number of nitrogens with zero attached hydrogens (tertiary/aromatic N) is 1. The van der Waals surface area contributed by atoms with Gasteiger partial charge in [-0.05, 0) is 52.5 Å². The van der Waals surface area contributed by atoms with Crippen molar-refractivity contribution in [1.29, 1.82) is 0 Å². The number of rotatable bonds is 9. The molecule has 0 radical (unpaired) electrons. The van der Waals surface area contributed by atoms with E-state index in [1.54, 1.807) is 0 Å². The molecule has 1 aliphatic carbocycles. The third-order valence-electron chi connectivity index (χ3n) is 4.27. The molecule has 0 aromatic rings. The lowest BCUT2D eigenvalue weighted by atomic mass is 9.85. The lowest BCUT2D eigenvalue weighted by Gasteiger charge is -2.35. The van der Waals surface area contributed by atoms with Gasteiger partial charge in [0.25, 0.3) is 0 Å². The maximum Gasteiger partial charge on any atom is 0.237 e. The fraction of sp³-hybridized carbons (Fsp3) is 0.933. The Hall–Kier alpha value is -0.610. The fourth-order valence-electron chi connectivity index (χ4n) is 2.70. The first-order valence-electron chi connectivity index (χ1n) is 7.67. The lowest BCUT2D eigenvalue weighted by molar-refractivity contribution is -0.124. The predicted octanol–water partition coefficient (Wildman–Crippen LogP) is 1.74. The molecule has 1 fully saturated rings. The molecule has 1 rings (SSSR count). The average molecular weight is 269 g/mol. The highest BCUT2D eigenvalue weighted by Gasteiger charge is 2.32. The number of hydrogen-bond donors (Lipinski definition) is 2. The normalized spacial score (nSPS) is 19.5. The van der Waals surface area contributed by atoms with Gasteiger partial charge in [-0.1, -0.05) is 13.3 Å². The number of amides is 1. The maximum atomic E-state index is 11.7. The molecule has 1 aliphatic rings. The van der Waals surface area contributed by atoms with Crippen molar-refractivity contribution in [3.63, 3.8) is 0 Å². The zero-order chi connectivity index (χ0) is 14.5. The van der Waals surface area contributed by atoms with Gasteiger partial charge in [-0.25, -0.2) is 0 Å². The zero-order valence-corrected chi connectivity index (χ0v) is 13.0. The molecule has 1 atom stereocenters. The van der Waals surface area contributed by atoms with E-state index < -0.39 is 5.54 Å². The second-order valence-electron chi connectivity index (χ2n) is 6.44. The van der Waals surface area contributed by atoms with Crippen LogP contribution >= 0.6 is 0 Å². The molecule has 1 saturated carbocycles. The number of primary amides is 1. The van der Waals surface area contributed by atoms with Crippen LogP contribution in [0.15, 0.2) is 0 Å². The number of carbonyl (C=O) groups is 1. The summed E-state index contributed by atoms with van der Waals surface area (Å²) in [5, 5.41) is 3.32. The van der Waals surface area contributed by atoms with E-state index >= 15 is 0 Å². The van der Waals surface area contributed by atoms with E-state index in [2.05, 4.69) is 17.1 Å². The van der Waals surface area contributed by atoms with E-state index in [4.69, 9.17) is 5.73 Å². The van der Waals surface area contributed by atoms with Crippen LogP contribution < -0.4 is 11.1 Å². The summed E-state index contributed by atoms with van der Waals surface area (Å²) in [5.74, 6) is 0.624. The topological polar surface area (TPSA) is 58.4 Å². The van der Waals surface area contributed by atoms with Gasteiger partial charge in [-0.2, -0.15) is 0 Å². The van der Waals surface area contributed by atoms with Crippen molar-refractivity contribution in [3.05, 3.63) is 0 Å². The first-order chi connectivity index (χ1) is 8.87. The van der Waals surface area contributed by atoms with E-state index in [1.165, 1.54) is 25.8 Å². The third-order valence-corrected chi connectivity index (χ3v) is 4.27. The first-order valence-corrected chi connectivity index (χ1v) is 7.67. The summed E-state index contributed by atoms with van der Waals surface area (Å²) in [6, 6.07) is 0.263. The Kier molecular flexibility index (Phi) is 6.27. The van der Waals surface area contributed by atoms with E-state index in [0.29, 0.717) is 0 Å². The van der Waals surface area contributed by atoms with E-state index in [9.17, 15) is 4.79 Å². The van der Waals surface area contributed by atoms with E-state index in [1.807, 2.05) is 20.8 Å². The average Bonchev–Trinajstić information content (AvgIpc) is 2.25. The van der Waals surface area contributed by atoms with Crippen molar-refractivity contribution < 1.29 is 4.79 Å². The van der Waals surface area contributed by atoms with Crippen LogP contribution in [0.3, 0.4) is 0 Å². The minimum Gasteiger partial charge on any atom is -0.368 e. The summed E-state index contributed by atoms with van der Waals surface area (Å²) in [6.45, 7) is 11.4. The van der Waals surface area contributed by atoms with Crippen LogP contribution in [0, 0.1) is 5.92 Å². The van der Waals surface area contributed by atoms with Crippen LogP contribution in [0.1, 0.15) is 53.4 Å². The van der Waals surface area contributed by atoms with Crippen molar-refractivity contribution in [3.8, 4) is 0 Å². The van der Waals surface area contributed by atoms with Crippen molar-refractivity contribution in [2.75, 3.05) is 19.6 Å². The molecule has 1 unspecified atom stereocenters. The highest BCUT2D eigenvalue weighted by atomic mass is 16.1. The molecular weight excluding hydrogens is 238 g/mol. The third kappa shape index (κ3) is 5.11. The summed E-state index contributed by atoms with van der Waals surface area (Å²) in [7, 11) is 0. The van der Waals surface area contributed by atoms with Crippen LogP contribution in [0.5, 0.6) is 0 Å². The van der Waals surface area contributed by atoms with Crippen LogP contribution in [0.2, 0.25) is 0 Å². The quantitative estimate of drug-likeness (QED) is 0.670. The number of carbonyl (C=O) groups excluding carboxylic acids is 1. The Balaban J connectivity index is 2.46. The molecular formula is C15H31N3O. The van der Waals surface area contributed by atoms with Gasteiger partial charge in [0.05, 0.1) is 5.54 Å². The van der Waals surface area contributed by atoms with E-state index in [-0.39, 0.29) is 11.9 Å². The van der Waals surface area contributed by atoms with Gasteiger partial charge in [0.2, 0.25) is 5.91 Å². The summed E-state index contributed by atoms with van der Waals surface area (Å²) in [4.78, 5) is 14.1. The van der Waals surface area contributed by atoms with Gasteiger partial charge in [0.1, 0.15) is 0 Å². The number of hydrogen-bond acceptors (Lipinski definition) is 3. The second kappa shape index (κ2) is 7.25. The number of nitrogens with one attached hydrogen (secondary N) is 1. The van der Waals surface area contributed by atoms with Crippen molar-refractivity contribution >= 4 is 5.91 Å². The zero-order valence-electron chi connectivity index (χ0n) is 13.0. The molecule has 4 nitrogen and oxygen atoms in total. The summed E-state index contributed by atoms with van der Waals surface area (Å²) in [5.41, 5.74) is 4.97. The Morgan fingerprint density at radius 3 is 2.47 bits per heavy atom. The molecule has 0 bridgehead atoms. The van der Waals surface area contributed by atoms with Crippen LogP contribution in [0.25, 0.3) is 0 Å². The smallest absolute Gasteiger partial charge is 0.237 e. The summed E-state index contributed by atoms with van der Waals surface area (Å²) in [6.07, 6.45) is 4.90. The molecule has 0 aromatic heterocycles. The Bertz CT molecular complexity index is 289. The molecule has 0 heterocycles. The fourth-order valence-corrected chi connectivity index (χ4v) is 2.70. The van der Waals surface area contributed by atoms with Crippen molar-refractivity contribution in [2.24, 2.45) is 11.7 Å². The summed E-state index contributed by atoms with van der Waals surface area (Å²) < 4.78 is 0. The maximum absolute atomic E-state index is 11.7. The SMILES string of the molecule is CCN(CCC(C)(NC(C)C)C(N)=O)CC1CCC1. The minimum absolute atomic E-state index is 0.249. The molecule has 0 aliphatic heterocycles. The molecule has 19 heavy (non-hydrogen) atoms. The lowest BCUT2D eigenvalue weighted by Crippen LogP contribution is -2.56. The molecule has 3 N–H and O–H groups in total. The van der Waals surface area contributed by atoms with Crippen molar-refractivity contribution in [1.82, 2.24) is 10.2 Å². The number of nitrogens with two attached hydrogens (primary N) is 1.